The quantitative estimate of drug-likeness (QED) is 0.299. The molecule has 3 rings (SSSR count). The van der Waals surface area contributed by atoms with E-state index in [2.05, 4.69) is 26.8 Å². The highest BCUT2D eigenvalue weighted by Gasteiger charge is 2.16. The second-order valence-electron chi connectivity index (χ2n) is 6.51. The molecule has 0 spiro atoms. The third kappa shape index (κ3) is 5.17. The number of nitriles is 1. The van der Waals surface area contributed by atoms with Gasteiger partial charge in [0.1, 0.15) is 35.6 Å². The number of benzene rings is 1. The first-order valence-corrected chi connectivity index (χ1v) is 9.70. The van der Waals surface area contributed by atoms with Crippen LogP contribution in [0, 0.1) is 17.1 Å². The van der Waals surface area contributed by atoms with Crippen LogP contribution in [-0.4, -0.2) is 28.8 Å². The van der Waals surface area contributed by atoms with Crippen molar-refractivity contribution in [3.8, 4) is 11.8 Å². The van der Waals surface area contributed by atoms with Crippen LogP contribution in [0.15, 0.2) is 52.1 Å². The molecular weight excluding hydrogens is 385 g/mol. The summed E-state index contributed by atoms with van der Waals surface area (Å²) in [5, 5.41) is 20.4. The minimum atomic E-state index is -0.346. The van der Waals surface area contributed by atoms with E-state index < -0.39 is 0 Å². The smallest absolute Gasteiger partial charge is 0.191 e. The van der Waals surface area contributed by atoms with Crippen LogP contribution in [0.5, 0.6) is 0 Å². The molecule has 0 aliphatic rings. The van der Waals surface area contributed by atoms with Gasteiger partial charge >= 0.3 is 0 Å². The number of nitrogens with zero attached hydrogens (tertiary/aromatic N) is 4. The zero-order chi connectivity index (χ0) is 21.3. The van der Waals surface area contributed by atoms with Gasteiger partial charge in [-0.15, -0.1) is 0 Å². The second-order valence-corrected chi connectivity index (χ2v) is 6.51. The number of aromatic nitrogens is 2. The number of nitrogens with one attached hydrogen (secondary N) is 2. The van der Waals surface area contributed by atoms with Crippen molar-refractivity contribution in [3.63, 3.8) is 0 Å². The SMILES string of the molecule is CCNC(=NCc1ccco1)NCCCc1nn(-c2ccc(F)cc2)c(N)c1C#N. The van der Waals surface area contributed by atoms with E-state index in [0.29, 0.717) is 42.4 Å². The van der Waals surface area contributed by atoms with Gasteiger partial charge in [-0.1, -0.05) is 0 Å². The van der Waals surface area contributed by atoms with E-state index in [0.717, 1.165) is 18.7 Å². The van der Waals surface area contributed by atoms with E-state index in [1.165, 1.54) is 16.8 Å². The molecule has 0 amide bonds. The number of nitrogens with two attached hydrogens (primary N) is 1. The van der Waals surface area contributed by atoms with Gasteiger partial charge in [0.25, 0.3) is 0 Å². The monoisotopic (exact) mass is 409 g/mol. The zero-order valence-electron chi connectivity index (χ0n) is 16.7. The third-order valence-corrected chi connectivity index (χ3v) is 4.38. The second kappa shape index (κ2) is 10.1. The molecule has 2 heterocycles. The lowest BCUT2D eigenvalue weighted by Crippen LogP contribution is -2.37. The van der Waals surface area contributed by atoms with E-state index >= 15 is 0 Å². The van der Waals surface area contributed by atoms with Crippen molar-refractivity contribution in [2.45, 2.75) is 26.3 Å². The average molecular weight is 409 g/mol. The van der Waals surface area contributed by atoms with Crippen molar-refractivity contribution in [2.75, 3.05) is 18.8 Å². The summed E-state index contributed by atoms with van der Waals surface area (Å²) in [5.74, 6) is 1.38. The average Bonchev–Trinajstić information content (AvgIpc) is 3.37. The molecule has 0 aliphatic heterocycles. The maximum atomic E-state index is 13.2. The van der Waals surface area contributed by atoms with Crippen molar-refractivity contribution in [1.29, 1.82) is 5.26 Å². The van der Waals surface area contributed by atoms with Gasteiger partial charge in [-0.2, -0.15) is 10.4 Å². The molecule has 0 aliphatic carbocycles. The van der Waals surface area contributed by atoms with Crippen molar-refractivity contribution >= 4 is 11.8 Å². The Balaban J connectivity index is 1.61. The molecule has 30 heavy (non-hydrogen) atoms. The number of rotatable bonds is 8. The molecule has 0 atom stereocenters. The van der Waals surface area contributed by atoms with Crippen LogP contribution in [-0.2, 0) is 13.0 Å². The fourth-order valence-corrected chi connectivity index (χ4v) is 2.92. The lowest BCUT2D eigenvalue weighted by atomic mass is 10.1. The Morgan fingerprint density at radius 3 is 2.77 bits per heavy atom. The molecule has 0 saturated carbocycles. The number of furan rings is 1. The Labute approximate surface area is 174 Å². The molecule has 0 saturated heterocycles. The summed E-state index contributed by atoms with van der Waals surface area (Å²) < 4.78 is 19.9. The molecule has 0 bridgehead atoms. The highest BCUT2D eigenvalue weighted by Crippen LogP contribution is 2.21. The molecule has 0 fully saturated rings. The van der Waals surface area contributed by atoms with Crippen LogP contribution < -0.4 is 16.4 Å². The lowest BCUT2D eigenvalue weighted by molar-refractivity contribution is 0.512. The molecular formula is C21H24FN7O. The van der Waals surface area contributed by atoms with Crippen LogP contribution in [0.1, 0.15) is 30.4 Å². The fourth-order valence-electron chi connectivity index (χ4n) is 2.92. The van der Waals surface area contributed by atoms with Crippen LogP contribution in [0.25, 0.3) is 5.69 Å². The summed E-state index contributed by atoms with van der Waals surface area (Å²) in [7, 11) is 0. The molecule has 2 aromatic heterocycles. The van der Waals surface area contributed by atoms with Crippen LogP contribution >= 0.6 is 0 Å². The maximum absolute atomic E-state index is 13.2. The number of hydrogen-bond acceptors (Lipinski definition) is 5. The predicted molar refractivity (Wildman–Crippen MR) is 112 cm³/mol. The summed E-state index contributed by atoms with van der Waals surface area (Å²) >= 11 is 0. The van der Waals surface area contributed by atoms with E-state index in [4.69, 9.17) is 10.2 Å². The number of anilines is 1. The minimum absolute atomic E-state index is 0.250. The standard InChI is InChI=1S/C21H24FN7O/c1-2-25-21(27-14-17-5-4-12-30-17)26-11-3-6-19-18(13-23)20(24)29(28-19)16-9-7-15(22)8-10-16/h4-5,7-10,12H,2-3,6,11,14,24H2,1H3,(H2,25,26,27). The first-order chi connectivity index (χ1) is 14.6. The van der Waals surface area contributed by atoms with Gasteiger partial charge in [0.05, 0.1) is 17.6 Å². The Morgan fingerprint density at radius 1 is 1.30 bits per heavy atom. The molecule has 9 heteroatoms. The van der Waals surface area contributed by atoms with Gasteiger partial charge in [-0.05, 0) is 56.2 Å². The lowest BCUT2D eigenvalue weighted by Gasteiger charge is -2.10. The molecule has 156 valence electrons. The largest absolute Gasteiger partial charge is 0.467 e. The molecule has 8 nitrogen and oxygen atoms in total. The minimum Gasteiger partial charge on any atom is -0.467 e. The number of hydrogen-bond donors (Lipinski definition) is 3. The van der Waals surface area contributed by atoms with Gasteiger partial charge < -0.3 is 20.8 Å². The van der Waals surface area contributed by atoms with E-state index in [9.17, 15) is 9.65 Å². The Kier molecular flexibility index (Phi) is 7.05. The summed E-state index contributed by atoms with van der Waals surface area (Å²) in [6.07, 6.45) is 2.90. The fraction of sp³-hybridized carbons (Fsp3) is 0.286. The maximum Gasteiger partial charge on any atom is 0.191 e. The normalized spacial score (nSPS) is 11.3. The molecule has 3 aromatic rings. The van der Waals surface area contributed by atoms with Gasteiger partial charge in [0.2, 0.25) is 0 Å². The van der Waals surface area contributed by atoms with E-state index in [-0.39, 0.29) is 11.6 Å². The Bertz CT molecular complexity index is 1020. The van der Waals surface area contributed by atoms with Gasteiger partial charge in [0, 0.05) is 13.1 Å². The van der Waals surface area contributed by atoms with Crippen molar-refractivity contribution in [2.24, 2.45) is 4.99 Å². The topological polar surface area (TPSA) is 117 Å². The molecule has 1 aromatic carbocycles. The molecule has 0 radical (unpaired) electrons. The predicted octanol–water partition coefficient (Wildman–Crippen LogP) is 2.75. The van der Waals surface area contributed by atoms with Crippen LogP contribution in [0.3, 0.4) is 0 Å². The summed E-state index contributed by atoms with van der Waals surface area (Å²) in [5.41, 5.74) is 7.65. The van der Waals surface area contributed by atoms with E-state index in [1.54, 1.807) is 18.4 Å². The summed E-state index contributed by atoms with van der Waals surface area (Å²) in [4.78, 5) is 4.48. The van der Waals surface area contributed by atoms with Crippen molar-refractivity contribution in [1.82, 2.24) is 20.4 Å². The number of halogens is 1. The van der Waals surface area contributed by atoms with Gasteiger partial charge in [-0.25, -0.2) is 14.1 Å². The molecule has 4 N–H and O–H groups in total. The third-order valence-electron chi connectivity index (χ3n) is 4.38. The number of guanidine groups is 1. The Morgan fingerprint density at radius 2 is 2.10 bits per heavy atom. The first kappa shape index (κ1) is 20.9. The first-order valence-electron chi connectivity index (χ1n) is 9.70. The number of aliphatic imine (C=N–C) groups is 1. The number of aryl methyl sites for hydroxylation is 1. The van der Waals surface area contributed by atoms with Crippen molar-refractivity contribution in [3.05, 3.63) is 65.5 Å². The number of nitrogen functional groups attached to an aromatic ring is 1. The Hall–Kier alpha value is -3.80. The van der Waals surface area contributed by atoms with Crippen molar-refractivity contribution < 1.29 is 8.81 Å². The van der Waals surface area contributed by atoms with Crippen LogP contribution in [0.4, 0.5) is 10.2 Å². The van der Waals surface area contributed by atoms with Gasteiger partial charge in [0.15, 0.2) is 5.96 Å². The summed E-state index contributed by atoms with van der Waals surface area (Å²) in [6, 6.07) is 11.6. The van der Waals surface area contributed by atoms with Crippen LogP contribution in [0.2, 0.25) is 0 Å². The highest BCUT2D eigenvalue weighted by molar-refractivity contribution is 5.79. The molecule has 0 unspecified atom stereocenters. The van der Waals surface area contributed by atoms with E-state index in [1.807, 2.05) is 19.1 Å². The van der Waals surface area contributed by atoms with Gasteiger partial charge in [-0.3, -0.25) is 0 Å². The zero-order valence-corrected chi connectivity index (χ0v) is 16.7. The highest BCUT2D eigenvalue weighted by atomic mass is 19.1. The summed E-state index contributed by atoms with van der Waals surface area (Å²) in [6.45, 7) is 3.81.